The minimum atomic E-state index is -0.993. The number of aromatic nitrogens is 16. The molecule has 0 atom stereocenters. The summed E-state index contributed by atoms with van der Waals surface area (Å²) in [6, 6.07) is 18.8. The first-order valence-corrected chi connectivity index (χ1v) is 27.7. The fourth-order valence-electron chi connectivity index (χ4n) is 9.54. The highest BCUT2D eigenvalue weighted by Crippen LogP contribution is 2.32. The third kappa shape index (κ3) is 12.8. The summed E-state index contributed by atoms with van der Waals surface area (Å²) >= 11 is 12.9. The van der Waals surface area contributed by atoms with E-state index in [0.29, 0.717) is 66.5 Å². The second-order valence-electron chi connectivity index (χ2n) is 19.6. The number of benzene rings is 4. The SMILES string of the molecule is COCCn1c(Cc2cc(F)c(-c3ccnc(OCc4cnc(-n5ccnn5)cc4Cl)n3)cc2F)nc2ccc(C(=O)OC(=O)c3ccc4nc(Cc5cc(F)c(-c6ccnc(OCc7cnc(-n8ccnn8)cc7Cl)n6)cc5F)n(CCOC)c4c3)cc21. The number of methoxy groups -OCH3 is 2. The number of carbonyl (C=O) groups excluding carboxylic acids is 2. The molecule has 0 amide bonds. The molecule has 8 heterocycles. The molecule has 0 bridgehead atoms. The fraction of sp³-hybridized carbons (Fsp3) is 0.167. The van der Waals surface area contributed by atoms with Crippen LogP contribution in [-0.4, -0.2) is 118 Å². The van der Waals surface area contributed by atoms with Crippen LogP contribution in [0.1, 0.15) is 54.6 Å². The van der Waals surface area contributed by atoms with Crippen LogP contribution in [0.25, 0.3) is 56.2 Å². The summed E-state index contributed by atoms with van der Waals surface area (Å²) in [7, 11) is 2.99. The Morgan fingerprint density at radius 3 is 1.36 bits per heavy atom. The first-order chi connectivity index (χ1) is 43.3. The normalized spacial score (nSPS) is 11.5. The van der Waals surface area contributed by atoms with Crippen molar-refractivity contribution in [2.45, 2.75) is 39.1 Å². The molecule has 0 saturated carbocycles. The molecule has 0 N–H and O–H groups in total. The van der Waals surface area contributed by atoms with Gasteiger partial charge in [0.15, 0.2) is 11.6 Å². The van der Waals surface area contributed by atoms with Crippen molar-refractivity contribution >= 4 is 57.2 Å². The Kier molecular flexibility index (Phi) is 17.1. The van der Waals surface area contributed by atoms with E-state index < -0.39 is 35.2 Å². The first-order valence-electron chi connectivity index (χ1n) is 26.9. The number of hydrogen-bond donors (Lipinski definition) is 0. The molecule has 0 aliphatic heterocycles. The van der Waals surface area contributed by atoms with Gasteiger partial charge in [-0.3, -0.25) is 0 Å². The molecule has 0 radical (unpaired) electrons. The van der Waals surface area contributed by atoms with E-state index in [2.05, 4.69) is 50.5 Å². The third-order valence-corrected chi connectivity index (χ3v) is 14.7. The third-order valence-electron chi connectivity index (χ3n) is 14.0. The summed E-state index contributed by atoms with van der Waals surface area (Å²) in [5.74, 6) is -3.53. The Morgan fingerprint density at radius 2 is 0.955 bits per heavy atom. The van der Waals surface area contributed by atoms with E-state index >= 15 is 17.6 Å². The fourth-order valence-corrected chi connectivity index (χ4v) is 9.94. The van der Waals surface area contributed by atoms with Gasteiger partial charge in [-0.25, -0.2) is 66.4 Å². The molecule has 4 aromatic carbocycles. The molecule has 448 valence electrons. The van der Waals surface area contributed by atoms with Gasteiger partial charge in [-0.05, 0) is 83.9 Å². The predicted molar refractivity (Wildman–Crippen MR) is 310 cm³/mol. The molecule has 0 spiro atoms. The second-order valence-corrected chi connectivity index (χ2v) is 20.4. The molecule has 0 fully saturated rings. The van der Waals surface area contributed by atoms with Crippen LogP contribution in [0.4, 0.5) is 17.6 Å². The van der Waals surface area contributed by atoms with Crippen LogP contribution in [-0.2, 0) is 53.4 Å². The molecular formula is C60H44Cl2F4N16O7. The van der Waals surface area contributed by atoms with Crippen LogP contribution in [0.2, 0.25) is 10.0 Å². The lowest BCUT2D eigenvalue weighted by Gasteiger charge is -2.12. The van der Waals surface area contributed by atoms with Gasteiger partial charge in [0.05, 0.1) is 92.6 Å². The van der Waals surface area contributed by atoms with Crippen molar-refractivity contribution in [3.8, 4) is 46.2 Å². The van der Waals surface area contributed by atoms with Gasteiger partial charge in [0.25, 0.3) is 0 Å². The minimum absolute atomic E-state index is 0.0143. The average molecular weight is 1250 g/mol. The van der Waals surface area contributed by atoms with Crippen molar-refractivity contribution in [2.75, 3.05) is 27.4 Å². The van der Waals surface area contributed by atoms with E-state index in [0.717, 1.165) is 24.3 Å². The number of halogens is 6. The number of fused-ring (bicyclic) bond motifs is 2. The summed E-state index contributed by atoms with van der Waals surface area (Å²) in [5.41, 5.74) is 2.41. The van der Waals surface area contributed by atoms with Gasteiger partial charge < -0.3 is 32.8 Å². The molecule has 0 aliphatic carbocycles. The lowest BCUT2D eigenvalue weighted by molar-refractivity contribution is 0.0397. The number of hydrogen-bond acceptors (Lipinski definition) is 19. The van der Waals surface area contributed by atoms with Gasteiger partial charge in [0.1, 0.15) is 48.1 Å². The van der Waals surface area contributed by atoms with Crippen LogP contribution < -0.4 is 9.47 Å². The predicted octanol–water partition coefficient (Wildman–Crippen LogP) is 9.74. The van der Waals surface area contributed by atoms with Gasteiger partial charge in [0, 0.05) is 99.3 Å². The summed E-state index contributed by atoms with van der Waals surface area (Å²) in [6.45, 7) is 0.602. The highest BCUT2D eigenvalue weighted by Gasteiger charge is 2.24. The summed E-state index contributed by atoms with van der Waals surface area (Å²) in [6.07, 6.45) is 11.6. The average Bonchev–Trinajstić information content (AvgIpc) is 2.43. The van der Waals surface area contributed by atoms with Crippen LogP contribution in [0.15, 0.2) is 135 Å². The van der Waals surface area contributed by atoms with Gasteiger partial charge in [-0.1, -0.05) is 33.6 Å². The van der Waals surface area contributed by atoms with Crippen molar-refractivity contribution in [1.82, 2.24) is 79.0 Å². The number of esters is 2. The molecule has 0 aliphatic rings. The van der Waals surface area contributed by atoms with E-state index in [-0.39, 0.29) is 109 Å². The van der Waals surface area contributed by atoms with Crippen molar-refractivity contribution in [1.29, 1.82) is 0 Å². The van der Waals surface area contributed by atoms with Crippen molar-refractivity contribution in [3.05, 3.63) is 213 Å². The highest BCUT2D eigenvalue weighted by atomic mass is 35.5. The maximum atomic E-state index is 16.1. The smallest absolute Gasteiger partial charge is 0.346 e. The summed E-state index contributed by atoms with van der Waals surface area (Å²) < 4.78 is 98.1. The van der Waals surface area contributed by atoms with Gasteiger partial charge in [-0.15, -0.1) is 10.2 Å². The number of rotatable bonds is 22. The summed E-state index contributed by atoms with van der Waals surface area (Å²) in [5, 5.41) is 16.0. The number of pyridine rings is 2. The molecule has 12 aromatic rings. The Labute approximate surface area is 510 Å². The number of carbonyl (C=O) groups is 2. The highest BCUT2D eigenvalue weighted by molar-refractivity contribution is 6.31. The molecule has 0 unspecified atom stereocenters. The van der Waals surface area contributed by atoms with Crippen molar-refractivity contribution < 1.29 is 50.8 Å². The molecule has 0 saturated heterocycles. The molecular weight excluding hydrogens is 1200 g/mol. The van der Waals surface area contributed by atoms with Crippen LogP contribution in [0.3, 0.4) is 0 Å². The maximum Gasteiger partial charge on any atom is 0.346 e. The van der Waals surface area contributed by atoms with Crippen molar-refractivity contribution in [3.63, 3.8) is 0 Å². The van der Waals surface area contributed by atoms with Crippen molar-refractivity contribution in [2.24, 2.45) is 0 Å². The van der Waals surface area contributed by atoms with Crippen LogP contribution in [0.5, 0.6) is 12.0 Å². The number of imidazole rings is 2. The number of nitrogens with zero attached hydrogens (tertiary/aromatic N) is 16. The van der Waals surface area contributed by atoms with Crippen LogP contribution in [0, 0.1) is 23.3 Å². The lowest BCUT2D eigenvalue weighted by atomic mass is 10.0. The second kappa shape index (κ2) is 25.8. The minimum Gasteiger partial charge on any atom is -0.458 e. The largest absolute Gasteiger partial charge is 0.458 e. The first kappa shape index (κ1) is 58.9. The Hall–Kier alpha value is -10.5. The van der Waals surface area contributed by atoms with Gasteiger partial charge in [0.2, 0.25) is 0 Å². The van der Waals surface area contributed by atoms with Gasteiger partial charge >= 0.3 is 24.0 Å². The van der Waals surface area contributed by atoms with E-state index in [1.807, 2.05) is 0 Å². The molecule has 8 aromatic heterocycles. The zero-order valence-corrected chi connectivity index (χ0v) is 48.2. The standard InChI is InChI=1S/C60H44Cl2F4N16O7/c1-85-17-15-79-51-21-33(3-5-49(51)73-55(79)23-35-19-45(65)39(25-43(35)63)47-7-9-67-59(75-47)87-31-37-29-69-53(27-41(37)61)81-13-11-71-77-81)57(83)89-58(84)34-4-6-50-52(22-34)80(16-18-86-2)56(74-50)24-36-20-46(66)40(26-44(36)64)48-8-10-68-60(76-48)88-32-38-30-70-54(28-42(38)62)82-14-12-72-78-82/h3-14,19-22,25-30H,15-18,23-24,31-32H2,1-2H3. The lowest BCUT2D eigenvalue weighted by Crippen LogP contribution is -2.14. The zero-order valence-electron chi connectivity index (χ0n) is 46.6. The van der Waals surface area contributed by atoms with E-state index in [1.165, 1.54) is 97.2 Å². The zero-order chi connectivity index (χ0) is 61.7. The number of ether oxygens (including phenoxy) is 5. The molecule has 29 heteroatoms. The van der Waals surface area contributed by atoms with Crippen LogP contribution >= 0.6 is 23.2 Å². The molecule has 23 nitrogen and oxygen atoms in total. The summed E-state index contributed by atoms with van der Waals surface area (Å²) in [4.78, 5) is 62.5. The maximum absolute atomic E-state index is 16.1. The quantitative estimate of drug-likeness (QED) is 0.0347. The molecule has 12 rings (SSSR count). The topological polar surface area (TPSA) is 255 Å². The Morgan fingerprint density at radius 1 is 0.506 bits per heavy atom. The van der Waals surface area contributed by atoms with E-state index in [4.69, 9.17) is 56.9 Å². The Balaban J connectivity index is 0.721. The van der Waals surface area contributed by atoms with Gasteiger partial charge in [-0.2, -0.15) is 9.97 Å². The van der Waals surface area contributed by atoms with E-state index in [1.54, 1.807) is 45.8 Å². The van der Waals surface area contributed by atoms with E-state index in [9.17, 15) is 9.59 Å². The monoisotopic (exact) mass is 1250 g/mol. The molecule has 89 heavy (non-hydrogen) atoms. The Bertz CT molecular complexity index is 4340.